The summed E-state index contributed by atoms with van der Waals surface area (Å²) < 4.78 is 0. The molecule has 7 heteroatoms. The molecule has 3 rings (SSSR count). The lowest BCUT2D eigenvalue weighted by Gasteiger charge is -2.32. The Hall–Kier alpha value is -2.15. The molecular formula is C12H16N6O. The molecule has 0 aliphatic carbocycles. The fourth-order valence-electron chi connectivity index (χ4n) is 2.33. The third-order valence-electron chi connectivity index (χ3n) is 3.37. The van der Waals surface area contributed by atoms with Crippen LogP contribution in [0.3, 0.4) is 0 Å². The zero-order valence-corrected chi connectivity index (χ0v) is 10.5. The van der Waals surface area contributed by atoms with Crippen LogP contribution in [-0.4, -0.2) is 38.8 Å². The number of hydrogen-bond acceptors (Lipinski definition) is 4. The van der Waals surface area contributed by atoms with Crippen molar-refractivity contribution in [3.05, 3.63) is 18.3 Å². The van der Waals surface area contributed by atoms with Gasteiger partial charge < -0.3 is 10.6 Å². The largest absolute Gasteiger partial charge is 0.324 e. The Kier molecular flexibility index (Phi) is 3.04. The first-order chi connectivity index (χ1) is 9.25. The van der Waals surface area contributed by atoms with E-state index in [1.807, 2.05) is 6.07 Å². The molecule has 7 nitrogen and oxygen atoms in total. The monoisotopic (exact) mass is 260 g/mol. The molecule has 1 aliphatic rings. The molecule has 4 N–H and O–H groups in total. The molecule has 0 aromatic carbocycles. The zero-order chi connectivity index (χ0) is 13.2. The van der Waals surface area contributed by atoms with Crippen molar-refractivity contribution in [2.75, 3.05) is 11.9 Å². The summed E-state index contributed by atoms with van der Waals surface area (Å²) in [6.45, 7) is 0.692. The van der Waals surface area contributed by atoms with Crippen molar-refractivity contribution >= 4 is 22.9 Å². The lowest BCUT2D eigenvalue weighted by atomic mass is 10.1. The van der Waals surface area contributed by atoms with Crippen molar-refractivity contribution in [1.82, 2.24) is 20.1 Å². The van der Waals surface area contributed by atoms with Crippen molar-refractivity contribution in [3.8, 4) is 0 Å². The van der Waals surface area contributed by atoms with E-state index in [1.165, 1.54) is 0 Å². The first kappa shape index (κ1) is 11.9. The molecule has 1 fully saturated rings. The average molecular weight is 260 g/mol. The number of nitrogens with zero attached hydrogens (tertiary/aromatic N) is 3. The van der Waals surface area contributed by atoms with Gasteiger partial charge in [-0.15, -0.1) is 0 Å². The van der Waals surface area contributed by atoms with Crippen LogP contribution in [0, 0.1) is 0 Å². The van der Waals surface area contributed by atoms with Gasteiger partial charge in [-0.2, -0.15) is 5.10 Å². The van der Waals surface area contributed by atoms with Crippen LogP contribution in [0.2, 0.25) is 0 Å². The number of nitrogens with two attached hydrogens (primary N) is 1. The van der Waals surface area contributed by atoms with Crippen molar-refractivity contribution in [2.45, 2.75) is 25.4 Å². The van der Waals surface area contributed by atoms with E-state index in [2.05, 4.69) is 20.5 Å². The Balaban J connectivity index is 1.79. The van der Waals surface area contributed by atoms with Gasteiger partial charge in [-0.1, -0.05) is 0 Å². The number of rotatable bonds is 1. The van der Waals surface area contributed by atoms with Crippen molar-refractivity contribution < 1.29 is 4.79 Å². The Morgan fingerprint density at radius 1 is 1.53 bits per heavy atom. The van der Waals surface area contributed by atoms with Crippen LogP contribution in [-0.2, 0) is 0 Å². The van der Waals surface area contributed by atoms with Gasteiger partial charge >= 0.3 is 6.03 Å². The molecule has 2 aromatic heterocycles. The first-order valence-electron chi connectivity index (χ1n) is 6.38. The second-order valence-corrected chi connectivity index (χ2v) is 4.66. The smallest absolute Gasteiger partial charge is 0.311 e. The number of H-pyrrole nitrogens is 1. The SMILES string of the molecule is NC1CCCCN1C(=O)Nc1[nH]nc2ncccc12. The number of aromatic nitrogens is 3. The highest BCUT2D eigenvalue weighted by molar-refractivity contribution is 5.97. The van der Waals surface area contributed by atoms with Gasteiger partial charge in [0.25, 0.3) is 0 Å². The number of likely N-dealkylation sites (tertiary alicyclic amines) is 1. The molecule has 2 aromatic rings. The number of carbonyl (C=O) groups excluding carboxylic acids is 1. The minimum atomic E-state index is -0.207. The molecule has 1 atom stereocenters. The molecule has 0 bridgehead atoms. The van der Waals surface area contributed by atoms with Gasteiger partial charge in [-0.05, 0) is 31.4 Å². The van der Waals surface area contributed by atoms with Gasteiger partial charge in [-0.25, -0.2) is 9.78 Å². The predicted molar refractivity (Wildman–Crippen MR) is 71.4 cm³/mol. The topological polar surface area (TPSA) is 99.9 Å². The van der Waals surface area contributed by atoms with Crippen LogP contribution >= 0.6 is 0 Å². The van der Waals surface area contributed by atoms with E-state index >= 15 is 0 Å². The van der Waals surface area contributed by atoms with E-state index < -0.39 is 0 Å². The minimum Gasteiger partial charge on any atom is -0.311 e. The summed E-state index contributed by atoms with van der Waals surface area (Å²) in [4.78, 5) is 18.0. The second-order valence-electron chi connectivity index (χ2n) is 4.66. The Morgan fingerprint density at radius 3 is 3.26 bits per heavy atom. The second kappa shape index (κ2) is 4.85. The van der Waals surface area contributed by atoms with E-state index in [4.69, 9.17) is 5.73 Å². The van der Waals surface area contributed by atoms with Crippen molar-refractivity contribution in [3.63, 3.8) is 0 Å². The van der Waals surface area contributed by atoms with Crippen LogP contribution in [0.5, 0.6) is 0 Å². The van der Waals surface area contributed by atoms with Crippen LogP contribution in [0.15, 0.2) is 18.3 Å². The fraction of sp³-hybridized carbons (Fsp3) is 0.417. The van der Waals surface area contributed by atoms with Crippen molar-refractivity contribution in [2.24, 2.45) is 5.73 Å². The number of fused-ring (bicyclic) bond motifs is 1. The molecular weight excluding hydrogens is 244 g/mol. The highest BCUT2D eigenvalue weighted by atomic mass is 16.2. The Labute approximate surface area is 110 Å². The Bertz CT molecular complexity index is 595. The standard InChI is InChI=1S/C12H16N6O/c13-9-5-1-2-7-18(9)12(19)15-11-8-4-3-6-14-10(8)16-17-11/h3-4,6,9H,1-2,5,7,13H2,(H2,14,15,16,17,19). The van der Waals surface area contributed by atoms with Crippen LogP contribution in [0.25, 0.3) is 11.0 Å². The number of pyridine rings is 1. The van der Waals surface area contributed by atoms with Crippen LogP contribution in [0.1, 0.15) is 19.3 Å². The van der Waals surface area contributed by atoms with Crippen LogP contribution < -0.4 is 11.1 Å². The normalized spacial score (nSPS) is 19.6. The third-order valence-corrected chi connectivity index (χ3v) is 3.37. The zero-order valence-electron chi connectivity index (χ0n) is 10.5. The molecule has 1 unspecified atom stereocenters. The molecule has 2 amide bonds. The molecule has 0 spiro atoms. The third kappa shape index (κ3) is 2.24. The number of amides is 2. The van der Waals surface area contributed by atoms with Gasteiger partial charge in [-0.3, -0.25) is 10.4 Å². The number of urea groups is 1. The fourth-order valence-corrected chi connectivity index (χ4v) is 2.33. The van der Waals surface area contributed by atoms with Crippen LogP contribution in [0.4, 0.5) is 10.6 Å². The lowest BCUT2D eigenvalue weighted by molar-refractivity contribution is 0.165. The molecule has 1 saturated heterocycles. The first-order valence-corrected chi connectivity index (χ1v) is 6.38. The van der Waals surface area contributed by atoms with Gasteiger partial charge in [0.1, 0.15) is 5.82 Å². The van der Waals surface area contributed by atoms with E-state index in [9.17, 15) is 4.79 Å². The molecule has 0 saturated carbocycles. The minimum absolute atomic E-state index is 0.193. The van der Waals surface area contributed by atoms with Gasteiger partial charge in [0, 0.05) is 12.7 Å². The maximum absolute atomic E-state index is 12.2. The highest BCUT2D eigenvalue weighted by Gasteiger charge is 2.24. The summed E-state index contributed by atoms with van der Waals surface area (Å²) in [5, 5.41) is 10.4. The summed E-state index contributed by atoms with van der Waals surface area (Å²) >= 11 is 0. The average Bonchev–Trinajstić information content (AvgIpc) is 2.83. The molecule has 0 radical (unpaired) electrons. The van der Waals surface area contributed by atoms with E-state index in [-0.39, 0.29) is 12.2 Å². The summed E-state index contributed by atoms with van der Waals surface area (Å²) in [7, 11) is 0. The lowest BCUT2D eigenvalue weighted by Crippen LogP contribution is -2.50. The molecule has 100 valence electrons. The predicted octanol–water partition coefficient (Wildman–Crippen LogP) is 1.26. The number of carbonyl (C=O) groups is 1. The number of nitrogens with one attached hydrogen (secondary N) is 2. The van der Waals surface area contributed by atoms with Gasteiger partial charge in [0.05, 0.1) is 11.6 Å². The molecule has 3 heterocycles. The number of hydrogen-bond donors (Lipinski definition) is 3. The summed E-state index contributed by atoms with van der Waals surface area (Å²) in [5.74, 6) is 0.561. The summed E-state index contributed by atoms with van der Waals surface area (Å²) in [6, 6.07) is 3.47. The maximum atomic E-state index is 12.2. The van der Waals surface area contributed by atoms with Crippen molar-refractivity contribution in [1.29, 1.82) is 0 Å². The highest BCUT2D eigenvalue weighted by Crippen LogP contribution is 2.19. The quantitative estimate of drug-likeness (QED) is 0.718. The van der Waals surface area contributed by atoms with Gasteiger partial charge in [0.2, 0.25) is 0 Å². The maximum Gasteiger partial charge on any atom is 0.324 e. The van der Waals surface area contributed by atoms with E-state index in [1.54, 1.807) is 17.2 Å². The van der Waals surface area contributed by atoms with Gasteiger partial charge in [0.15, 0.2) is 5.65 Å². The number of piperidine rings is 1. The summed E-state index contributed by atoms with van der Waals surface area (Å²) in [6.07, 6.45) is 4.36. The number of anilines is 1. The van der Waals surface area contributed by atoms with E-state index in [0.717, 1.165) is 24.6 Å². The van der Waals surface area contributed by atoms with E-state index in [0.29, 0.717) is 18.0 Å². The molecule has 19 heavy (non-hydrogen) atoms. The summed E-state index contributed by atoms with van der Waals surface area (Å²) in [5.41, 5.74) is 6.53. The molecule has 1 aliphatic heterocycles. The number of aromatic amines is 1. The Morgan fingerprint density at radius 2 is 2.42 bits per heavy atom.